The van der Waals surface area contributed by atoms with E-state index in [-0.39, 0.29) is 17.2 Å². The van der Waals surface area contributed by atoms with Crippen molar-refractivity contribution in [2.75, 3.05) is 11.9 Å². The van der Waals surface area contributed by atoms with Gasteiger partial charge >= 0.3 is 6.18 Å². The fourth-order valence-corrected chi connectivity index (χ4v) is 2.50. The van der Waals surface area contributed by atoms with Gasteiger partial charge in [0.15, 0.2) is 0 Å². The second kappa shape index (κ2) is 4.51. The monoisotopic (exact) mass is 295 g/mol. The molecular weight excluding hydrogens is 283 g/mol. The molecule has 0 radical (unpaired) electrons. The SMILES string of the molecule is N=C(N)n1nc(-c2ccccc2C(F)(F)F)c2c1NCC2. The van der Waals surface area contributed by atoms with Crippen LogP contribution in [0.2, 0.25) is 0 Å². The zero-order valence-electron chi connectivity index (χ0n) is 10.8. The van der Waals surface area contributed by atoms with Crippen LogP contribution in [0.25, 0.3) is 11.3 Å². The lowest BCUT2D eigenvalue weighted by Gasteiger charge is -2.11. The Bertz CT molecular complexity index is 717. The van der Waals surface area contributed by atoms with E-state index >= 15 is 0 Å². The fourth-order valence-electron chi connectivity index (χ4n) is 2.50. The highest BCUT2D eigenvalue weighted by Gasteiger charge is 2.35. The Morgan fingerprint density at radius 2 is 2.05 bits per heavy atom. The van der Waals surface area contributed by atoms with Gasteiger partial charge in [-0.25, -0.2) is 0 Å². The zero-order valence-corrected chi connectivity index (χ0v) is 10.8. The van der Waals surface area contributed by atoms with Crippen molar-refractivity contribution in [1.82, 2.24) is 9.78 Å². The number of anilines is 1. The van der Waals surface area contributed by atoms with Crippen LogP contribution in [-0.2, 0) is 12.6 Å². The topological polar surface area (TPSA) is 79.7 Å². The quantitative estimate of drug-likeness (QED) is 0.558. The molecule has 0 amide bonds. The Morgan fingerprint density at radius 1 is 1.33 bits per heavy atom. The number of fused-ring (bicyclic) bond motifs is 1. The van der Waals surface area contributed by atoms with Crippen molar-refractivity contribution >= 4 is 11.8 Å². The standard InChI is InChI=1S/C13H12F3N5/c14-13(15,16)9-4-2-1-3-7(9)10-8-5-6-19-11(8)21(20-10)12(17)18/h1-4,19H,5-6H2,(H3,17,18). The molecule has 0 saturated carbocycles. The summed E-state index contributed by atoms with van der Waals surface area (Å²) in [5.41, 5.74) is 5.56. The fraction of sp³-hybridized carbons (Fsp3) is 0.231. The maximum atomic E-state index is 13.1. The van der Waals surface area contributed by atoms with E-state index in [0.717, 1.165) is 10.7 Å². The van der Waals surface area contributed by atoms with Crippen molar-refractivity contribution in [3.05, 3.63) is 35.4 Å². The number of rotatable bonds is 1. The molecule has 0 spiro atoms. The first kappa shape index (κ1) is 13.5. The molecule has 2 heterocycles. The lowest BCUT2D eigenvalue weighted by Crippen LogP contribution is -2.23. The van der Waals surface area contributed by atoms with Crippen LogP contribution < -0.4 is 11.1 Å². The lowest BCUT2D eigenvalue weighted by molar-refractivity contribution is -0.137. The number of nitrogens with two attached hydrogens (primary N) is 1. The third kappa shape index (κ3) is 2.12. The molecule has 0 bridgehead atoms. The van der Waals surface area contributed by atoms with Crippen molar-refractivity contribution in [1.29, 1.82) is 5.41 Å². The third-order valence-electron chi connectivity index (χ3n) is 3.37. The van der Waals surface area contributed by atoms with Crippen molar-refractivity contribution < 1.29 is 13.2 Å². The largest absolute Gasteiger partial charge is 0.417 e. The Kier molecular flexibility index (Phi) is 2.89. The Balaban J connectivity index is 2.24. The summed E-state index contributed by atoms with van der Waals surface area (Å²) < 4.78 is 40.5. The van der Waals surface area contributed by atoms with E-state index in [1.54, 1.807) is 0 Å². The molecule has 8 heteroatoms. The predicted octanol–water partition coefficient (Wildman–Crippen LogP) is 2.28. The molecule has 0 aliphatic carbocycles. The van der Waals surface area contributed by atoms with Crippen LogP contribution in [0, 0.1) is 5.41 Å². The Labute approximate surface area is 118 Å². The molecular formula is C13H12F3N5. The van der Waals surface area contributed by atoms with Crippen molar-refractivity contribution in [3.63, 3.8) is 0 Å². The lowest BCUT2D eigenvalue weighted by atomic mass is 10.0. The van der Waals surface area contributed by atoms with Gasteiger partial charge in [-0.05, 0) is 12.5 Å². The van der Waals surface area contributed by atoms with Crippen LogP contribution in [0.15, 0.2) is 24.3 Å². The van der Waals surface area contributed by atoms with E-state index < -0.39 is 11.7 Å². The number of benzene rings is 1. The second-order valence-electron chi connectivity index (χ2n) is 4.69. The minimum Gasteiger partial charge on any atom is -0.369 e. The minimum atomic E-state index is -4.46. The van der Waals surface area contributed by atoms with Gasteiger partial charge in [0.1, 0.15) is 5.82 Å². The molecule has 5 nitrogen and oxygen atoms in total. The van der Waals surface area contributed by atoms with Gasteiger partial charge in [0.05, 0.1) is 11.3 Å². The van der Waals surface area contributed by atoms with Gasteiger partial charge in [-0.2, -0.15) is 23.0 Å². The first-order valence-electron chi connectivity index (χ1n) is 6.26. The van der Waals surface area contributed by atoms with Crippen molar-refractivity contribution in [2.24, 2.45) is 5.73 Å². The number of nitrogens with one attached hydrogen (secondary N) is 2. The average molecular weight is 295 g/mol. The summed E-state index contributed by atoms with van der Waals surface area (Å²) in [7, 11) is 0. The first-order valence-corrected chi connectivity index (χ1v) is 6.26. The summed E-state index contributed by atoms with van der Waals surface area (Å²) in [6.07, 6.45) is -3.92. The number of hydrogen-bond acceptors (Lipinski definition) is 3. The Hall–Kier alpha value is -2.51. The van der Waals surface area contributed by atoms with Gasteiger partial charge in [0, 0.05) is 17.7 Å². The van der Waals surface area contributed by atoms with Crippen LogP contribution in [0.3, 0.4) is 0 Å². The molecule has 21 heavy (non-hydrogen) atoms. The molecule has 1 aromatic heterocycles. The van der Waals surface area contributed by atoms with Gasteiger partial charge < -0.3 is 11.1 Å². The first-order chi connectivity index (χ1) is 9.89. The molecule has 1 aromatic carbocycles. The number of nitrogen functional groups attached to an aromatic ring is 1. The maximum absolute atomic E-state index is 13.1. The third-order valence-corrected chi connectivity index (χ3v) is 3.37. The van der Waals surface area contributed by atoms with Crippen LogP contribution in [0.5, 0.6) is 0 Å². The van der Waals surface area contributed by atoms with Gasteiger partial charge in [0.2, 0.25) is 5.96 Å². The summed E-state index contributed by atoms with van der Waals surface area (Å²) in [4.78, 5) is 0. The number of aromatic nitrogens is 2. The number of alkyl halides is 3. The van der Waals surface area contributed by atoms with Crippen molar-refractivity contribution in [2.45, 2.75) is 12.6 Å². The van der Waals surface area contributed by atoms with E-state index in [2.05, 4.69) is 10.4 Å². The van der Waals surface area contributed by atoms with E-state index in [1.807, 2.05) is 0 Å². The molecule has 3 rings (SSSR count). The molecule has 0 atom stereocenters. The molecule has 4 N–H and O–H groups in total. The predicted molar refractivity (Wildman–Crippen MR) is 72.2 cm³/mol. The van der Waals surface area contributed by atoms with E-state index in [1.165, 1.54) is 18.2 Å². The molecule has 0 saturated heterocycles. The molecule has 2 aromatic rings. The minimum absolute atomic E-state index is 0.00458. The average Bonchev–Trinajstić information content (AvgIpc) is 2.98. The van der Waals surface area contributed by atoms with Crippen molar-refractivity contribution in [3.8, 4) is 11.3 Å². The summed E-state index contributed by atoms with van der Waals surface area (Å²) >= 11 is 0. The summed E-state index contributed by atoms with van der Waals surface area (Å²) in [5, 5.41) is 14.5. The summed E-state index contributed by atoms with van der Waals surface area (Å²) in [6, 6.07) is 5.28. The second-order valence-corrected chi connectivity index (χ2v) is 4.69. The maximum Gasteiger partial charge on any atom is 0.417 e. The molecule has 0 unspecified atom stereocenters. The molecule has 110 valence electrons. The van der Waals surface area contributed by atoms with E-state index in [0.29, 0.717) is 24.3 Å². The molecule has 1 aliphatic heterocycles. The number of hydrogen-bond donors (Lipinski definition) is 3. The van der Waals surface area contributed by atoms with E-state index in [9.17, 15) is 13.2 Å². The normalized spacial score (nSPS) is 13.9. The highest BCUT2D eigenvalue weighted by molar-refractivity contribution is 5.85. The summed E-state index contributed by atoms with van der Waals surface area (Å²) in [5.74, 6) is 0.158. The highest BCUT2D eigenvalue weighted by Crippen LogP contribution is 2.40. The highest BCUT2D eigenvalue weighted by atomic mass is 19.4. The van der Waals surface area contributed by atoms with Crippen LogP contribution in [0.1, 0.15) is 11.1 Å². The summed E-state index contributed by atoms with van der Waals surface area (Å²) in [6.45, 7) is 0.585. The van der Waals surface area contributed by atoms with Crippen LogP contribution in [-0.4, -0.2) is 22.3 Å². The molecule has 1 aliphatic rings. The van der Waals surface area contributed by atoms with E-state index in [4.69, 9.17) is 11.1 Å². The van der Waals surface area contributed by atoms with Crippen LogP contribution >= 0.6 is 0 Å². The number of nitrogens with zero attached hydrogens (tertiary/aromatic N) is 2. The zero-order chi connectivity index (χ0) is 15.2. The van der Waals surface area contributed by atoms with Gasteiger partial charge in [0.25, 0.3) is 0 Å². The van der Waals surface area contributed by atoms with Crippen LogP contribution in [0.4, 0.5) is 19.0 Å². The van der Waals surface area contributed by atoms with Gasteiger partial charge in [-0.15, -0.1) is 0 Å². The number of halogens is 3. The smallest absolute Gasteiger partial charge is 0.369 e. The van der Waals surface area contributed by atoms with Gasteiger partial charge in [-0.1, -0.05) is 18.2 Å². The van der Waals surface area contributed by atoms with Gasteiger partial charge in [-0.3, -0.25) is 5.41 Å². The molecule has 0 fully saturated rings. The Morgan fingerprint density at radius 3 is 2.71 bits per heavy atom.